The molecule has 0 unspecified atom stereocenters. The zero-order valence-electron chi connectivity index (χ0n) is 11.6. The van der Waals surface area contributed by atoms with Gasteiger partial charge in [-0.2, -0.15) is 0 Å². The van der Waals surface area contributed by atoms with E-state index in [0.717, 1.165) is 25.0 Å². The second-order valence-corrected chi connectivity index (χ2v) is 4.91. The Labute approximate surface area is 124 Å². The van der Waals surface area contributed by atoms with Crippen LogP contribution in [0.1, 0.15) is 19.8 Å². The molecule has 1 fully saturated rings. The summed E-state index contributed by atoms with van der Waals surface area (Å²) in [5.41, 5.74) is 0.272. The molecule has 0 bridgehead atoms. The van der Waals surface area contributed by atoms with Crippen LogP contribution in [0.15, 0.2) is 24.3 Å². The van der Waals surface area contributed by atoms with E-state index in [1.54, 1.807) is 0 Å². The number of benzene rings is 1. The number of rotatable bonds is 5. The van der Waals surface area contributed by atoms with Crippen LogP contribution in [0.5, 0.6) is 5.75 Å². The molecule has 1 N–H and O–H groups in total. The van der Waals surface area contributed by atoms with Gasteiger partial charge in [0, 0.05) is 5.69 Å². The Morgan fingerprint density at radius 1 is 1.23 bits per heavy atom. The Morgan fingerprint density at radius 3 is 2.32 bits per heavy atom. The van der Waals surface area contributed by atoms with Crippen molar-refractivity contribution in [3.8, 4) is 5.75 Å². The minimum absolute atomic E-state index is 0.117. The lowest BCUT2D eigenvalue weighted by atomic mass is 10.3. The number of hydrogen-bond donors (Lipinski definition) is 1. The molecule has 1 aliphatic rings. The van der Waals surface area contributed by atoms with Crippen molar-refractivity contribution in [1.82, 2.24) is 0 Å². The molecule has 120 valence electrons. The molecule has 0 saturated heterocycles. The van der Waals surface area contributed by atoms with Crippen molar-refractivity contribution < 1.29 is 32.2 Å². The Balaban J connectivity index is 1.86. The fraction of sp³-hybridized carbons (Fsp3) is 0.429. The minimum Gasteiger partial charge on any atom is -0.452 e. The van der Waals surface area contributed by atoms with Crippen LogP contribution in [0.2, 0.25) is 0 Å². The fourth-order valence-corrected chi connectivity index (χ4v) is 1.63. The quantitative estimate of drug-likeness (QED) is 0.848. The molecule has 0 aliphatic heterocycles. The largest absolute Gasteiger partial charge is 0.573 e. The van der Waals surface area contributed by atoms with Crippen LogP contribution in [-0.4, -0.2) is 24.3 Å². The Bertz CT molecular complexity index is 552. The molecule has 1 saturated carbocycles. The van der Waals surface area contributed by atoms with Gasteiger partial charge in [0.2, 0.25) is 0 Å². The highest BCUT2D eigenvalue weighted by Crippen LogP contribution is 2.30. The van der Waals surface area contributed by atoms with Crippen molar-refractivity contribution in [2.45, 2.75) is 32.2 Å². The van der Waals surface area contributed by atoms with Gasteiger partial charge >= 0.3 is 12.3 Å². The van der Waals surface area contributed by atoms with Gasteiger partial charge in [0.05, 0.1) is 5.92 Å². The molecule has 0 radical (unpaired) electrons. The van der Waals surface area contributed by atoms with E-state index in [9.17, 15) is 22.8 Å². The van der Waals surface area contributed by atoms with Crippen LogP contribution in [0, 0.1) is 5.92 Å². The van der Waals surface area contributed by atoms with Gasteiger partial charge in [-0.3, -0.25) is 9.59 Å². The smallest absolute Gasteiger partial charge is 0.452 e. The minimum atomic E-state index is -4.77. The lowest BCUT2D eigenvalue weighted by Gasteiger charge is -2.14. The number of esters is 1. The number of hydrogen-bond acceptors (Lipinski definition) is 4. The van der Waals surface area contributed by atoms with Gasteiger partial charge in [0.25, 0.3) is 5.91 Å². The lowest BCUT2D eigenvalue weighted by Crippen LogP contribution is -2.30. The van der Waals surface area contributed by atoms with Crippen molar-refractivity contribution >= 4 is 17.6 Å². The van der Waals surface area contributed by atoms with Gasteiger partial charge in [0.15, 0.2) is 6.10 Å². The van der Waals surface area contributed by atoms with E-state index in [1.807, 2.05) is 0 Å². The maximum atomic E-state index is 12.0. The van der Waals surface area contributed by atoms with E-state index in [1.165, 1.54) is 19.1 Å². The number of alkyl halides is 3. The second kappa shape index (κ2) is 6.25. The summed E-state index contributed by atoms with van der Waals surface area (Å²) in [7, 11) is 0. The van der Waals surface area contributed by atoms with Crippen molar-refractivity contribution in [1.29, 1.82) is 0 Å². The van der Waals surface area contributed by atoms with Gasteiger partial charge in [-0.1, -0.05) is 0 Å². The second-order valence-electron chi connectivity index (χ2n) is 4.91. The van der Waals surface area contributed by atoms with Gasteiger partial charge < -0.3 is 14.8 Å². The Kier molecular flexibility index (Phi) is 4.58. The Hall–Kier alpha value is -2.25. The average Bonchev–Trinajstić information content (AvgIpc) is 3.23. The summed E-state index contributed by atoms with van der Waals surface area (Å²) < 4.78 is 44.7. The summed E-state index contributed by atoms with van der Waals surface area (Å²) in [5, 5.41) is 2.44. The lowest BCUT2D eigenvalue weighted by molar-refractivity contribution is -0.274. The number of nitrogens with one attached hydrogen (secondary N) is 1. The van der Waals surface area contributed by atoms with Crippen molar-refractivity contribution in [3.63, 3.8) is 0 Å². The van der Waals surface area contributed by atoms with Gasteiger partial charge in [-0.25, -0.2) is 0 Å². The number of amides is 1. The molecule has 22 heavy (non-hydrogen) atoms. The van der Waals surface area contributed by atoms with E-state index in [2.05, 4.69) is 10.1 Å². The molecule has 1 amide bonds. The molecule has 1 atom stereocenters. The first-order chi connectivity index (χ1) is 10.2. The highest BCUT2D eigenvalue weighted by molar-refractivity contribution is 5.95. The summed E-state index contributed by atoms with van der Waals surface area (Å²) in [6.45, 7) is 1.43. The first-order valence-corrected chi connectivity index (χ1v) is 6.62. The van der Waals surface area contributed by atoms with Gasteiger partial charge in [0.1, 0.15) is 5.75 Å². The molecule has 2 rings (SSSR count). The summed E-state index contributed by atoms with van der Waals surface area (Å²) >= 11 is 0. The molecule has 0 aromatic heterocycles. The van der Waals surface area contributed by atoms with E-state index >= 15 is 0 Å². The highest BCUT2D eigenvalue weighted by Gasteiger charge is 2.33. The molecule has 1 aromatic rings. The summed E-state index contributed by atoms with van der Waals surface area (Å²) in [6, 6.07) is 4.66. The SMILES string of the molecule is C[C@@H](OC(=O)C1CC1)C(=O)Nc1ccc(OC(F)(F)F)cc1. The number of ether oxygens (including phenoxy) is 2. The van der Waals surface area contributed by atoms with E-state index in [0.29, 0.717) is 0 Å². The third-order valence-corrected chi connectivity index (χ3v) is 2.93. The number of anilines is 1. The van der Waals surface area contributed by atoms with E-state index in [4.69, 9.17) is 4.74 Å². The molecular weight excluding hydrogens is 303 g/mol. The van der Waals surface area contributed by atoms with Crippen LogP contribution in [0.25, 0.3) is 0 Å². The molecule has 0 spiro atoms. The first kappa shape index (κ1) is 16.1. The number of carbonyl (C=O) groups is 2. The zero-order valence-corrected chi connectivity index (χ0v) is 11.6. The first-order valence-electron chi connectivity index (χ1n) is 6.62. The van der Waals surface area contributed by atoms with Crippen LogP contribution in [0.3, 0.4) is 0 Å². The molecular formula is C14H14F3NO4. The predicted octanol–water partition coefficient (Wildman–Crippen LogP) is 2.87. The molecule has 5 nitrogen and oxygen atoms in total. The summed E-state index contributed by atoms with van der Waals surface area (Å²) in [4.78, 5) is 23.2. The molecule has 8 heteroatoms. The van der Waals surface area contributed by atoms with Crippen LogP contribution in [0.4, 0.5) is 18.9 Å². The topological polar surface area (TPSA) is 64.6 Å². The maximum Gasteiger partial charge on any atom is 0.573 e. The van der Waals surface area contributed by atoms with E-state index < -0.39 is 30.1 Å². The van der Waals surface area contributed by atoms with Crippen LogP contribution in [-0.2, 0) is 14.3 Å². The third-order valence-electron chi connectivity index (χ3n) is 2.93. The molecule has 1 aliphatic carbocycles. The van der Waals surface area contributed by atoms with Crippen molar-refractivity contribution in [2.75, 3.05) is 5.32 Å². The number of carbonyl (C=O) groups excluding carboxylic acids is 2. The van der Waals surface area contributed by atoms with E-state index in [-0.39, 0.29) is 11.6 Å². The van der Waals surface area contributed by atoms with Crippen LogP contribution >= 0.6 is 0 Å². The summed E-state index contributed by atoms with van der Waals surface area (Å²) in [6.07, 6.45) is -4.20. The normalized spacial score (nSPS) is 15.8. The van der Waals surface area contributed by atoms with Crippen molar-refractivity contribution in [3.05, 3.63) is 24.3 Å². The zero-order chi connectivity index (χ0) is 16.3. The van der Waals surface area contributed by atoms with Gasteiger partial charge in [-0.15, -0.1) is 13.2 Å². The molecule has 0 heterocycles. The maximum absolute atomic E-state index is 12.0. The monoisotopic (exact) mass is 317 g/mol. The number of halogens is 3. The standard InChI is InChI=1S/C14H14F3NO4/c1-8(21-13(20)9-2-3-9)12(19)18-10-4-6-11(7-5-10)22-14(15,16)17/h4-9H,2-3H2,1H3,(H,18,19)/t8-/m1/s1. The average molecular weight is 317 g/mol. The predicted molar refractivity (Wildman–Crippen MR) is 70.0 cm³/mol. The third kappa shape index (κ3) is 4.94. The highest BCUT2D eigenvalue weighted by atomic mass is 19.4. The summed E-state index contributed by atoms with van der Waals surface area (Å²) in [5.74, 6) is -1.47. The van der Waals surface area contributed by atoms with Crippen molar-refractivity contribution in [2.24, 2.45) is 5.92 Å². The van der Waals surface area contributed by atoms with Crippen LogP contribution < -0.4 is 10.1 Å². The molecule has 1 aromatic carbocycles. The Morgan fingerprint density at radius 2 is 1.82 bits per heavy atom. The van der Waals surface area contributed by atoms with Gasteiger partial charge in [-0.05, 0) is 44.0 Å². The fourth-order valence-electron chi connectivity index (χ4n) is 1.63.